The minimum absolute atomic E-state index is 0.496. The molecule has 0 fully saturated rings. The van der Waals surface area contributed by atoms with E-state index in [-0.39, 0.29) is 0 Å². The Morgan fingerprint density at radius 2 is 0.895 bits per heavy atom. The lowest BCUT2D eigenvalue weighted by molar-refractivity contribution is 0.669. The lowest BCUT2D eigenvalue weighted by atomic mass is 9.70. The molecule has 13 rings (SSSR count). The summed E-state index contributed by atoms with van der Waals surface area (Å²) in [6.45, 7) is 0. The Morgan fingerprint density at radius 3 is 1.56 bits per heavy atom. The van der Waals surface area contributed by atoms with Gasteiger partial charge in [-0.1, -0.05) is 146 Å². The molecular weight excluding hydrogens is 691 g/mol. The number of para-hydroxylation sites is 2. The van der Waals surface area contributed by atoms with Crippen LogP contribution >= 0.6 is 0 Å². The van der Waals surface area contributed by atoms with Crippen LogP contribution in [0.3, 0.4) is 0 Å². The molecule has 0 N–H and O–H groups in total. The first kappa shape index (κ1) is 30.9. The van der Waals surface area contributed by atoms with Crippen molar-refractivity contribution in [2.24, 2.45) is 0 Å². The van der Waals surface area contributed by atoms with Gasteiger partial charge in [-0.15, -0.1) is 0 Å². The number of nitrogens with zero attached hydrogens (tertiary/aromatic N) is 1. The van der Waals surface area contributed by atoms with Gasteiger partial charge in [0.25, 0.3) is 0 Å². The van der Waals surface area contributed by atoms with Crippen LogP contribution in [0.1, 0.15) is 22.3 Å². The maximum atomic E-state index is 6.39. The highest BCUT2D eigenvalue weighted by Crippen LogP contribution is 2.64. The van der Waals surface area contributed by atoms with Gasteiger partial charge in [-0.05, 0) is 132 Å². The number of hydrogen-bond acceptors (Lipinski definition) is 2. The molecule has 0 bridgehead atoms. The molecular formula is C55H33NO. The van der Waals surface area contributed by atoms with Crippen LogP contribution < -0.4 is 4.90 Å². The fourth-order valence-electron chi connectivity index (χ4n) is 10.6. The number of benzene rings is 10. The minimum atomic E-state index is -0.496. The molecule has 2 aliphatic rings. The topological polar surface area (TPSA) is 16.4 Å². The summed E-state index contributed by atoms with van der Waals surface area (Å²) in [5.74, 6) is 0. The number of anilines is 3. The molecule has 1 aromatic heterocycles. The fourth-order valence-corrected chi connectivity index (χ4v) is 10.6. The maximum Gasteiger partial charge on any atom is 0.136 e. The van der Waals surface area contributed by atoms with E-state index in [9.17, 15) is 0 Å². The summed E-state index contributed by atoms with van der Waals surface area (Å²) >= 11 is 0. The third-order valence-corrected chi connectivity index (χ3v) is 12.8. The SMILES string of the molecule is c1ccc(N(c2ccccc2)c2ccc3c(c2)C2(c4ccccc4-c4ccccc42)c2cccc(-c4ccc5c(c4)c4cccc6oc7cccc5c7c64)c2-3)cc1. The van der Waals surface area contributed by atoms with Crippen LogP contribution in [0, 0.1) is 0 Å². The summed E-state index contributed by atoms with van der Waals surface area (Å²) in [5.41, 5.74) is 17.7. The molecule has 2 nitrogen and oxygen atoms in total. The number of fused-ring (bicyclic) bond motifs is 13. The van der Waals surface area contributed by atoms with Crippen molar-refractivity contribution >= 4 is 60.5 Å². The molecule has 0 saturated heterocycles. The Labute approximate surface area is 329 Å². The van der Waals surface area contributed by atoms with Crippen molar-refractivity contribution in [3.63, 3.8) is 0 Å². The molecule has 1 heterocycles. The monoisotopic (exact) mass is 723 g/mol. The molecule has 0 amide bonds. The minimum Gasteiger partial charge on any atom is -0.456 e. The third kappa shape index (κ3) is 3.99. The molecule has 10 aromatic carbocycles. The van der Waals surface area contributed by atoms with Gasteiger partial charge in [-0.3, -0.25) is 0 Å². The van der Waals surface area contributed by atoms with E-state index < -0.39 is 5.41 Å². The predicted octanol–water partition coefficient (Wildman–Crippen LogP) is 14.8. The van der Waals surface area contributed by atoms with Crippen LogP contribution in [0.2, 0.25) is 0 Å². The zero-order chi connectivity index (χ0) is 37.2. The van der Waals surface area contributed by atoms with Crippen LogP contribution in [0.4, 0.5) is 17.1 Å². The summed E-state index contributed by atoms with van der Waals surface area (Å²) in [4.78, 5) is 2.39. The van der Waals surface area contributed by atoms with Gasteiger partial charge in [0.15, 0.2) is 0 Å². The summed E-state index contributed by atoms with van der Waals surface area (Å²) in [6.07, 6.45) is 0. The maximum absolute atomic E-state index is 6.39. The van der Waals surface area contributed by atoms with Crippen LogP contribution in [0.15, 0.2) is 205 Å². The normalized spacial score (nSPS) is 13.4. The average molecular weight is 724 g/mol. The van der Waals surface area contributed by atoms with Gasteiger partial charge in [0.2, 0.25) is 0 Å². The lowest BCUT2D eigenvalue weighted by Crippen LogP contribution is -2.26. The highest BCUT2D eigenvalue weighted by atomic mass is 16.3. The van der Waals surface area contributed by atoms with E-state index in [1.54, 1.807) is 0 Å². The first-order valence-electron chi connectivity index (χ1n) is 19.8. The van der Waals surface area contributed by atoms with E-state index in [1.165, 1.54) is 88.0 Å². The van der Waals surface area contributed by atoms with Crippen LogP contribution in [-0.2, 0) is 5.41 Å². The van der Waals surface area contributed by atoms with E-state index in [0.29, 0.717) is 0 Å². The molecule has 2 heteroatoms. The molecule has 264 valence electrons. The van der Waals surface area contributed by atoms with E-state index >= 15 is 0 Å². The van der Waals surface area contributed by atoms with Gasteiger partial charge in [0.05, 0.1) is 5.41 Å². The van der Waals surface area contributed by atoms with Gasteiger partial charge in [0.1, 0.15) is 11.2 Å². The van der Waals surface area contributed by atoms with E-state index in [0.717, 1.165) is 28.2 Å². The van der Waals surface area contributed by atoms with Crippen molar-refractivity contribution in [3.05, 3.63) is 222 Å². The first-order chi connectivity index (χ1) is 28.3. The Kier molecular flexibility index (Phi) is 6.13. The van der Waals surface area contributed by atoms with E-state index in [2.05, 4.69) is 205 Å². The second kappa shape index (κ2) is 11.3. The Hall–Kier alpha value is -7.42. The number of hydrogen-bond donors (Lipinski definition) is 0. The fraction of sp³-hybridized carbons (Fsp3) is 0.0182. The summed E-state index contributed by atoms with van der Waals surface area (Å²) in [5, 5.41) is 7.40. The molecule has 57 heavy (non-hydrogen) atoms. The standard InChI is InChI=1S/C55H33NO/c1-3-14-35(15-4-1)56(36-16-5-2-6-17-36)37-29-31-44-49(33-37)55(46-23-9-7-18-40(46)41-19-8-10-24-47(41)55)48-25-11-20-38(52(44)48)34-28-30-39-42-21-12-26-50-53(42)54-43(45(39)32-34)22-13-27-51(54)57-50/h1-33H. The molecule has 0 radical (unpaired) electrons. The molecule has 0 atom stereocenters. The molecule has 11 aromatic rings. The van der Waals surface area contributed by atoms with Crippen molar-refractivity contribution in [1.29, 1.82) is 0 Å². The van der Waals surface area contributed by atoms with Crippen molar-refractivity contribution in [3.8, 4) is 33.4 Å². The summed E-state index contributed by atoms with van der Waals surface area (Å²) < 4.78 is 6.39. The molecule has 0 aliphatic heterocycles. The Balaban J connectivity index is 1.12. The zero-order valence-corrected chi connectivity index (χ0v) is 30.9. The largest absolute Gasteiger partial charge is 0.456 e. The van der Waals surface area contributed by atoms with Crippen molar-refractivity contribution < 1.29 is 4.42 Å². The second-order valence-electron chi connectivity index (χ2n) is 15.5. The van der Waals surface area contributed by atoms with Gasteiger partial charge in [-0.25, -0.2) is 0 Å². The quantitative estimate of drug-likeness (QED) is 0.168. The number of furan rings is 1. The van der Waals surface area contributed by atoms with Crippen molar-refractivity contribution in [2.45, 2.75) is 5.41 Å². The summed E-state index contributed by atoms with van der Waals surface area (Å²) in [7, 11) is 0. The van der Waals surface area contributed by atoms with Gasteiger partial charge >= 0.3 is 0 Å². The number of rotatable bonds is 4. The predicted molar refractivity (Wildman–Crippen MR) is 236 cm³/mol. The van der Waals surface area contributed by atoms with Crippen LogP contribution in [0.5, 0.6) is 0 Å². The highest BCUT2D eigenvalue weighted by molar-refractivity contribution is 6.33. The highest BCUT2D eigenvalue weighted by Gasteiger charge is 2.52. The molecule has 1 spiro atoms. The molecule has 0 saturated carbocycles. The Bertz CT molecular complexity index is 3330. The van der Waals surface area contributed by atoms with Gasteiger partial charge < -0.3 is 9.32 Å². The van der Waals surface area contributed by atoms with Crippen LogP contribution in [0.25, 0.3) is 76.9 Å². The average Bonchev–Trinajstić information content (AvgIpc) is 3.91. The van der Waals surface area contributed by atoms with Gasteiger partial charge in [-0.2, -0.15) is 0 Å². The van der Waals surface area contributed by atoms with Gasteiger partial charge in [0, 0.05) is 27.8 Å². The summed E-state index contributed by atoms with van der Waals surface area (Å²) in [6, 6.07) is 73.8. The van der Waals surface area contributed by atoms with Crippen LogP contribution in [-0.4, -0.2) is 0 Å². The zero-order valence-electron chi connectivity index (χ0n) is 30.9. The first-order valence-corrected chi connectivity index (χ1v) is 19.8. The second-order valence-corrected chi connectivity index (χ2v) is 15.5. The van der Waals surface area contributed by atoms with E-state index in [4.69, 9.17) is 4.42 Å². The molecule has 0 unspecified atom stereocenters. The molecule has 2 aliphatic carbocycles. The third-order valence-electron chi connectivity index (χ3n) is 12.8. The van der Waals surface area contributed by atoms with Crippen molar-refractivity contribution in [1.82, 2.24) is 0 Å². The lowest BCUT2D eigenvalue weighted by Gasteiger charge is -2.32. The van der Waals surface area contributed by atoms with E-state index in [1.807, 2.05) is 0 Å². The Morgan fingerprint density at radius 1 is 0.333 bits per heavy atom. The van der Waals surface area contributed by atoms with Crippen molar-refractivity contribution in [2.75, 3.05) is 4.90 Å². The smallest absolute Gasteiger partial charge is 0.136 e.